The molecule has 0 unspecified atom stereocenters. The Bertz CT molecular complexity index is 212. The fourth-order valence-corrected chi connectivity index (χ4v) is 0.729. The topological polar surface area (TPSA) is 26.3 Å². The molecule has 12 heavy (non-hydrogen) atoms. The average molecular weight is 168 g/mol. The first-order valence-corrected chi connectivity index (χ1v) is 4.10. The predicted molar refractivity (Wildman–Crippen MR) is 49.8 cm³/mol. The molecule has 2 nitrogen and oxygen atoms in total. The number of carbonyl (C=O) groups is 1. The molecule has 0 radical (unpaired) electrons. The maximum Gasteiger partial charge on any atom is 0.333 e. The number of carbonyl (C=O) groups excluding carboxylic acids is 1. The van der Waals surface area contributed by atoms with Gasteiger partial charge >= 0.3 is 5.97 Å². The highest BCUT2D eigenvalue weighted by Gasteiger charge is 2.02. The van der Waals surface area contributed by atoms with E-state index >= 15 is 0 Å². The third-order valence-corrected chi connectivity index (χ3v) is 1.50. The first-order chi connectivity index (χ1) is 5.61. The minimum absolute atomic E-state index is 0.237. The van der Waals surface area contributed by atoms with Gasteiger partial charge in [-0.25, -0.2) is 4.79 Å². The Labute approximate surface area is 73.9 Å². The van der Waals surface area contributed by atoms with Crippen molar-refractivity contribution in [1.82, 2.24) is 0 Å². The van der Waals surface area contributed by atoms with E-state index in [9.17, 15) is 4.79 Å². The second-order valence-corrected chi connectivity index (χ2v) is 2.58. The molecule has 0 bridgehead atoms. The summed E-state index contributed by atoms with van der Waals surface area (Å²) in [5.41, 5.74) is 1.72. The lowest BCUT2D eigenvalue weighted by molar-refractivity contribution is -0.138. The minimum Gasteiger partial charge on any atom is -0.463 e. The van der Waals surface area contributed by atoms with E-state index in [1.54, 1.807) is 13.8 Å². The summed E-state index contributed by atoms with van der Waals surface area (Å²) in [7, 11) is 0. The molecular weight excluding hydrogens is 152 g/mol. The summed E-state index contributed by atoms with van der Waals surface area (Å²) in [6, 6.07) is 0. The minimum atomic E-state index is -0.237. The Hall–Kier alpha value is -1.05. The Morgan fingerprint density at radius 2 is 2.00 bits per heavy atom. The van der Waals surface area contributed by atoms with Gasteiger partial charge in [0.05, 0.1) is 6.61 Å². The number of allylic oxidation sites excluding steroid dienone is 3. The maximum atomic E-state index is 11.1. The third-order valence-electron chi connectivity index (χ3n) is 1.50. The molecule has 0 atom stereocenters. The SMILES string of the molecule is C/C=C(C)/C=C(\C)C(=O)OCC. The fraction of sp³-hybridized carbons (Fsp3) is 0.500. The van der Waals surface area contributed by atoms with Gasteiger partial charge in [0.2, 0.25) is 0 Å². The normalized spacial score (nSPS) is 13.0. The van der Waals surface area contributed by atoms with Crippen molar-refractivity contribution in [3.05, 3.63) is 23.3 Å². The summed E-state index contributed by atoms with van der Waals surface area (Å²) in [5.74, 6) is -0.237. The molecule has 0 spiro atoms. The summed E-state index contributed by atoms with van der Waals surface area (Å²) in [5, 5.41) is 0. The van der Waals surface area contributed by atoms with E-state index in [1.165, 1.54) is 0 Å². The molecule has 0 aliphatic rings. The van der Waals surface area contributed by atoms with E-state index in [0.717, 1.165) is 5.57 Å². The fourth-order valence-electron chi connectivity index (χ4n) is 0.729. The molecule has 68 valence electrons. The Morgan fingerprint density at radius 1 is 1.42 bits per heavy atom. The molecular formula is C10H16O2. The predicted octanol–water partition coefficient (Wildman–Crippen LogP) is 2.46. The van der Waals surface area contributed by atoms with Crippen LogP contribution >= 0.6 is 0 Å². The highest BCUT2D eigenvalue weighted by atomic mass is 16.5. The largest absolute Gasteiger partial charge is 0.463 e. The number of hydrogen-bond acceptors (Lipinski definition) is 2. The van der Waals surface area contributed by atoms with Crippen molar-refractivity contribution in [3.63, 3.8) is 0 Å². The van der Waals surface area contributed by atoms with Crippen LogP contribution in [0.2, 0.25) is 0 Å². The van der Waals surface area contributed by atoms with Gasteiger partial charge in [-0.15, -0.1) is 0 Å². The van der Waals surface area contributed by atoms with Gasteiger partial charge in [0.15, 0.2) is 0 Å². The van der Waals surface area contributed by atoms with Crippen LogP contribution < -0.4 is 0 Å². The highest BCUT2D eigenvalue weighted by Crippen LogP contribution is 2.02. The Kier molecular flexibility index (Phi) is 5.09. The van der Waals surface area contributed by atoms with Gasteiger partial charge in [0.25, 0.3) is 0 Å². The molecule has 0 fully saturated rings. The van der Waals surface area contributed by atoms with Gasteiger partial charge < -0.3 is 4.74 Å². The van der Waals surface area contributed by atoms with Crippen LogP contribution in [0.15, 0.2) is 23.3 Å². The lowest BCUT2D eigenvalue weighted by Gasteiger charge is -2.00. The molecule has 0 aromatic rings. The summed E-state index contributed by atoms with van der Waals surface area (Å²) in [6.45, 7) is 7.87. The second kappa shape index (κ2) is 5.58. The molecule has 0 aliphatic heterocycles. The van der Waals surface area contributed by atoms with Gasteiger partial charge in [-0.2, -0.15) is 0 Å². The van der Waals surface area contributed by atoms with E-state index in [2.05, 4.69) is 0 Å². The maximum absolute atomic E-state index is 11.1. The molecule has 0 aromatic carbocycles. The lowest BCUT2D eigenvalue weighted by Crippen LogP contribution is -2.04. The molecule has 0 saturated heterocycles. The van der Waals surface area contributed by atoms with Crippen LogP contribution in [0.4, 0.5) is 0 Å². The van der Waals surface area contributed by atoms with E-state index in [4.69, 9.17) is 4.74 Å². The molecule has 0 amide bonds. The molecule has 0 rings (SSSR count). The quantitative estimate of drug-likeness (QED) is 0.367. The number of esters is 1. The van der Waals surface area contributed by atoms with Crippen LogP contribution in [0, 0.1) is 0 Å². The van der Waals surface area contributed by atoms with Crippen molar-refractivity contribution in [2.75, 3.05) is 6.61 Å². The van der Waals surface area contributed by atoms with Crippen LogP contribution in [0.5, 0.6) is 0 Å². The number of ether oxygens (including phenoxy) is 1. The van der Waals surface area contributed by atoms with Gasteiger partial charge in [-0.1, -0.05) is 11.6 Å². The molecule has 0 aliphatic carbocycles. The molecule has 0 heterocycles. The van der Waals surface area contributed by atoms with Crippen molar-refractivity contribution in [2.24, 2.45) is 0 Å². The van der Waals surface area contributed by atoms with Crippen molar-refractivity contribution < 1.29 is 9.53 Å². The first kappa shape index (κ1) is 11.0. The Balaban J connectivity index is 4.27. The lowest BCUT2D eigenvalue weighted by atomic mass is 10.2. The van der Waals surface area contributed by atoms with Crippen molar-refractivity contribution >= 4 is 5.97 Å². The van der Waals surface area contributed by atoms with Crippen molar-refractivity contribution in [1.29, 1.82) is 0 Å². The van der Waals surface area contributed by atoms with Crippen LogP contribution in [-0.4, -0.2) is 12.6 Å². The summed E-state index contributed by atoms with van der Waals surface area (Å²) in [4.78, 5) is 11.1. The standard InChI is InChI=1S/C10H16O2/c1-5-8(3)7-9(4)10(11)12-6-2/h5,7H,6H2,1-4H3/b8-5+,9-7+. The highest BCUT2D eigenvalue weighted by molar-refractivity contribution is 5.88. The average Bonchev–Trinajstić information content (AvgIpc) is 2.04. The van der Waals surface area contributed by atoms with E-state index in [-0.39, 0.29) is 5.97 Å². The third kappa shape index (κ3) is 3.96. The molecule has 0 N–H and O–H groups in total. The summed E-state index contributed by atoms with van der Waals surface area (Å²) in [6.07, 6.45) is 3.76. The number of hydrogen-bond donors (Lipinski definition) is 0. The zero-order valence-corrected chi connectivity index (χ0v) is 8.18. The summed E-state index contributed by atoms with van der Waals surface area (Å²) >= 11 is 0. The van der Waals surface area contributed by atoms with Crippen LogP contribution in [0.25, 0.3) is 0 Å². The summed E-state index contributed by atoms with van der Waals surface area (Å²) < 4.78 is 4.81. The molecule has 0 saturated carbocycles. The van der Waals surface area contributed by atoms with Crippen LogP contribution in [-0.2, 0) is 9.53 Å². The monoisotopic (exact) mass is 168 g/mol. The van der Waals surface area contributed by atoms with Crippen LogP contribution in [0.1, 0.15) is 27.7 Å². The van der Waals surface area contributed by atoms with Gasteiger partial charge in [-0.3, -0.25) is 0 Å². The van der Waals surface area contributed by atoms with Gasteiger partial charge in [0, 0.05) is 5.57 Å². The molecule has 0 aromatic heterocycles. The van der Waals surface area contributed by atoms with Crippen molar-refractivity contribution in [3.8, 4) is 0 Å². The van der Waals surface area contributed by atoms with E-state index in [1.807, 2.05) is 26.0 Å². The zero-order chi connectivity index (χ0) is 9.56. The van der Waals surface area contributed by atoms with Gasteiger partial charge in [-0.05, 0) is 33.8 Å². The van der Waals surface area contributed by atoms with Crippen LogP contribution in [0.3, 0.4) is 0 Å². The van der Waals surface area contributed by atoms with E-state index in [0.29, 0.717) is 12.2 Å². The smallest absolute Gasteiger partial charge is 0.333 e. The van der Waals surface area contributed by atoms with Crippen molar-refractivity contribution in [2.45, 2.75) is 27.7 Å². The Morgan fingerprint density at radius 3 is 2.42 bits per heavy atom. The number of rotatable bonds is 3. The second-order valence-electron chi connectivity index (χ2n) is 2.58. The zero-order valence-electron chi connectivity index (χ0n) is 8.18. The van der Waals surface area contributed by atoms with E-state index < -0.39 is 0 Å². The van der Waals surface area contributed by atoms with Gasteiger partial charge in [0.1, 0.15) is 0 Å². The first-order valence-electron chi connectivity index (χ1n) is 4.10. The molecule has 2 heteroatoms.